The fourth-order valence-corrected chi connectivity index (χ4v) is 2.89. The van der Waals surface area contributed by atoms with Gasteiger partial charge in [-0.2, -0.15) is 0 Å². The van der Waals surface area contributed by atoms with Crippen molar-refractivity contribution in [3.05, 3.63) is 29.3 Å². The highest BCUT2D eigenvalue weighted by molar-refractivity contribution is 5.70. The topological polar surface area (TPSA) is 40.5 Å². The first-order valence-corrected chi connectivity index (χ1v) is 7.23. The molecule has 3 rings (SSSR count). The number of hydrogen-bond acceptors (Lipinski definition) is 2. The lowest BCUT2D eigenvalue weighted by atomic mass is 9.99. The summed E-state index contributed by atoms with van der Waals surface area (Å²) in [6, 6.07) is 6.50. The van der Waals surface area contributed by atoms with Crippen LogP contribution >= 0.6 is 0 Å². The maximum atomic E-state index is 10.9. The van der Waals surface area contributed by atoms with Crippen LogP contribution in [0.1, 0.15) is 30.9 Å². The molecule has 1 aromatic rings. The third kappa shape index (κ3) is 2.75. The molecule has 2 aliphatic rings. The van der Waals surface area contributed by atoms with E-state index >= 15 is 0 Å². The molecule has 1 heterocycles. The molecule has 1 aromatic carbocycles. The van der Waals surface area contributed by atoms with E-state index in [2.05, 4.69) is 23.1 Å². The average Bonchev–Trinajstić information content (AvgIpc) is 3.10. The molecule has 3 heteroatoms. The summed E-state index contributed by atoms with van der Waals surface area (Å²) < 4.78 is 0. The van der Waals surface area contributed by atoms with Gasteiger partial charge in [-0.3, -0.25) is 4.79 Å². The average molecular weight is 259 g/mol. The SMILES string of the molecule is CC(Cc1ccc2c(c1)CCN2CC1CC1)C(=O)O. The summed E-state index contributed by atoms with van der Waals surface area (Å²) in [5.41, 5.74) is 3.93. The van der Waals surface area contributed by atoms with E-state index in [9.17, 15) is 4.79 Å². The van der Waals surface area contributed by atoms with E-state index < -0.39 is 5.97 Å². The van der Waals surface area contributed by atoms with Crippen molar-refractivity contribution < 1.29 is 9.90 Å². The number of rotatable bonds is 5. The van der Waals surface area contributed by atoms with Crippen LogP contribution in [0.15, 0.2) is 18.2 Å². The molecule has 0 bridgehead atoms. The summed E-state index contributed by atoms with van der Waals surface area (Å²) in [6.45, 7) is 4.11. The molecule has 1 unspecified atom stereocenters. The number of benzene rings is 1. The molecule has 0 spiro atoms. The van der Waals surface area contributed by atoms with Gasteiger partial charge in [0.15, 0.2) is 0 Å². The van der Waals surface area contributed by atoms with Gasteiger partial charge < -0.3 is 10.0 Å². The minimum absolute atomic E-state index is 0.304. The van der Waals surface area contributed by atoms with Gasteiger partial charge in [0, 0.05) is 18.8 Å². The van der Waals surface area contributed by atoms with Crippen LogP contribution in [0.25, 0.3) is 0 Å². The summed E-state index contributed by atoms with van der Waals surface area (Å²) in [6.07, 6.45) is 4.52. The van der Waals surface area contributed by atoms with Crippen molar-refractivity contribution in [1.82, 2.24) is 0 Å². The fraction of sp³-hybridized carbons (Fsp3) is 0.562. The molecule has 1 saturated carbocycles. The van der Waals surface area contributed by atoms with E-state index in [0.29, 0.717) is 6.42 Å². The smallest absolute Gasteiger partial charge is 0.306 e. The molecule has 1 aliphatic carbocycles. The quantitative estimate of drug-likeness (QED) is 0.884. The molecule has 1 atom stereocenters. The van der Waals surface area contributed by atoms with Gasteiger partial charge in [-0.05, 0) is 48.8 Å². The molecule has 0 amide bonds. The lowest BCUT2D eigenvalue weighted by molar-refractivity contribution is -0.141. The van der Waals surface area contributed by atoms with Crippen LogP contribution < -0.4 is 4.90 Å². The van der Waals surface area contributed by atoms with Gasteiger partial charge in [0.1, 0.15) is 0 Å². The van der Waals surface area contributed by atoms with E-state index in [1.807, 2.05) is 0 Å². The second-order valence-corrected chi connectivity index (χ2v) is 6.05. The van der Waals surface area contributed by atoms with Gasteiger partial charge in [-0.25, -0.2) is 0 Å². The summed E-state index contributed by atoms with van der Waals surface area (Å²) in [5.74, 6) is -0.101. The number of aliphatic carboxylic acids is 1. The van der Waals surface area contributed by atoms with Crippen LogP contribution in [0, 0.1) is 11.8 Å². The number of fused-ring (bicyclic) bond motifs is 1. The Labute approximate surface area is 114 Å². The monoisotopic (exact) mass is 259 g/mol. The molecule has 0 aromatic heterocycles. The molecule has 19 heavy (non-hydrogen) atoms. The van der Waals surface area contributed by atoms with Crippen LogP contribution in [-0.4, -0.2) is 24.2 Å². The van der Waals surface area contributed by atoms with Gasteiger partial charge in [-0.1, -0.05) is 19.1 Å². The molecule has 0 saturated heterocycles. The molecule has 1 aliphatic heterocycles. The minimum Gasteiger partial charge on any atom is -0.481 e. The van der Waals surface area contributed by atoms with Crippen molar-refractivity contribution in [2.75, 3.05) is 18.0 Å². The zero-order valence-corrected chi connectivity index (χ0v) is 11.4. The van der Waals surface area contributed by atoms with Crippen molar-refractivity contribution in [1.29, 1.82) is 0 Å². The van der Waals surface area contributed by atoms with E-state index in [0.717, 1.165) is 24.4 Å². The minimum atomic E-state index is -0.712. The van der Waals surface area contributed by atoms with Crippen LogP contribution in [0.2, 0.25) is 0 Å². The third-order valence-corrected chi connectivity index (χ3v) is 4.27. The number of nitrogens with zero attached hydrogens (tertiary/aromatic N) is 1. The zero-order valence-electron chi connectivity index (χ0n) is 11.4. The summed E-state index contributed by atoms with van der Waals surface area (Å²) in [7, 11) is 0. The molecular formula is C16H21NO2. The second kappa shape index (κ2) is 4.87. The van der Waals surface area contributed by atoms with Gasteiger partial charge in [-0.15, -0.1) is 0 Å². The Bertz CT molecular complexity index is 494. The number of anilines is 1. The Morgan fingerprint density at radius 1 is 1.47 bits per heavy atom. The van der Waals surface area contributed by atoms with Crippen molar-refractivity contribution in [3.63, 3.8) is 0 Å². The first kappa shape index (κ1) is 12.5. The zero-order chi connectivity index (χ0) is 13.4. The summed E-state index contributed by atoms with van der Waals surface area (Å²) in [5, 5.41) is 8.98. The number of carboxylic acids is 1. The lowest BCUT2D eigenvalue weighted by Gasteiger charge is -2.19. The van der Waals surface area contributed by atoms with Gasteiger partial charge in [0.2, 0.25) is 0 Å². The maximum absolute atomic E-state index is 10.9. The van der Waals surface area contributed by atoms with Crippen LogP contribution in [0.4, 0.5) is 5.69 Å². The first-order chi connectivity index (χ1) is 9.13. The van der Waals surface area contributed by atoms with Crippen LogP contribution in [-0.2, 0) is 17.6 Å². The Hall–Kier alpha value is -1.51. The van der Waals surface area contributed by atoms with E-state index in [4.69, 9.17) is 5.11 Å². The highest BCUT2D eigenvalue weighted by atomic mass is 16.4. The predicted octanol–water partition coefficient (Wildman–Crippen LogP) is 2.72. The standard InChI is InChI=1S/C16H21NO2/c1-11(16(18)19)8-13-4-5-15-14(9-13)6-7-17(15)10-12-2-3-12/h4-5,9,11-12H,2-3,6-8,10H2,1H3,(H,18,19). The van der Waals surface area contributed by atoms with E-state index in [1.54, 1.807) is 6.92 Å². The summed E-state index contributed by atoms with van der Waals surface area (Å²) >= 11 is 0. The van der Waals surface area contributed by atoms with Crippen LogP contribution in [0.3, 0.4) is 0 Å². The lowest BCUT2D eigenvalue weighted by Crippen LogP contribution is -2.22. The Morgan fingerprint density at radius 2 is 2.26 bits per heavy atom. The fourth-order valence-electron chi connectivity index (χ4n) is 2.89. The second-order valence-electron chi connectivity index (χ2n) is 6.05. The first-order valence-electron chi connectivity index (χ1n) is 7.23. The summed E-state index contributed by atoms with van der Waals surface area (Å²) in [4.78, 5) is 13.4. The normalized spacial score (nSPS) is 19.3. The van der Waals surface area contributed by atoms with Gasteiger partial charge >= 0.3 is 5.97 Å². The number of carbonyl (C=O) groups is 1. The largest absolute Gasteiger partial charge is 0.481 e. The Morgan fingerprint density at radius 3 is 2.95 bits per heavy atom. The molecule has 102 valence electrons. The molecular weight excluding hydrogens is 238 g/mol. The van der Waals surface area contributed by atoms with Crippen molar-refractivity contribution in [2.45, 2.75) is 32.6 Å². The highest BCUT2D eigenvalue weighted by Gasteiger charge is 2.28. The molecule has 0 radical (unpaired) electrons. The molecule has 1 N–H and O–H groups in total. The Kier molecular flexibility index (Phi) is 3.21. The van der Waals surface area contributed by atoms with E-state index in [-0.39, 0.29) is 5.92 Å². The molecule has 1 fully saturated rings. The van der Waals surface area contributed by atoms with E-state index in [1.165, 1.54) is 30.6 Å². The van der Waals surface area contributed by atoms with Crippen molar-refractivity contribution in [2.24, 2.45) is 11.8 Å². The number of hydrogen-bond donors (Lipinski definition) is 1. The third-order valence-electron chi connectivity index (χ3n) is 4.27. The van der Waals surface area contributed by atoms with Crippen molar-refractivity contribution in [3.8, 4) is 0 Å². The van der Waals surface area contributed by atoms with Crippen LogP contribution in [0.5, 0.6) is 0 Å². The highest BCUT2D eigenvalue weighted by Crippen LogP contribution is 2.35. The predicted molar refractivity (Wildman–Crippen MR) is 75.6 cm³/mol. The molecule has 3 nitrogen and oxygen atoms in total. The maximum Gasteiger partial charge on any atom is 0.306 e. The Balaban J connectivity index is 1.71. The van der Waals surface area contributed by atoms with Gasteiger partial charge in [0.05, 0.1) is 5.92 Å². The van der Waals surface area contributed by atoms with Crippen molar-refractivity contribution >= 4 is 11.7 Å². The van der Waals surface area contributed by atoms with Gasteiger partial charge in [0.25, 0.3) is 0 Å². The number of carboxylic acid groups (broad SMARTS) is 1.